The molecule has 1 saturated heterocycles. The van der Waals surface area contributed by atoms with Gasteiger partial charge < -0.3 is 14.2 Å². The molecule has 4 rings (SSSR count). The maximum Gasteiger partial charge on any atom is 0.253 e. The number of hydrogen-bond donors (Lipinski definition) is 0. The first-order valence-corrected chi connectivity index (χ1v) is 9.48. The second kappa shape index (κ2) is 7.84. The summed E-state index contributed by atoms with van der Waals surface area (Å²) in [5.74, 6) is 2.19. The Hall–Kier alpha value is -3.15. The number of aryl methyl sites for hydroxylation is 1. The second-order valence-electron chi connectivity index (χ2n) is 7.04. The van der Waals surface area contributed by atoms with Crippen LogP contribution >= 0.6 is 0 Å². The molecule has 6 nitrogen and oxygen atoms in total. The molecule has 1 aliphatic rings. The number of methoxy groups -OCH3 is 1. The van der Waals surface area contributed by atoms with Crippen molar-refractivity contribution in [1.82, 2.24) is 15.0 Å². The van der Waals surface area contributed by atoms with E-state index >= 15 is 0 Å². The summed E-state index contributed by atoms with van der Waals surface area (Å²) in [6.07, 6.45) is 1.89. The molecule has 0 N–H and O–H groups in total. The Labute approximate surface area is 164 Å². The number of benzene rings is 2. The van der Waals surface area contributed by atoms with Gasteiger partial charge >= 0.3 is 0 Å². The van der Waals surface area contributed by atoms with Crippen molar-refractivity contribution in [2.45, 2.75) is 25.7 Å². The average molecular weight is 377 g/mol. The van der Waals surface area contributed by atoms with Crippen molar-refractivity contribution in [3.05, 3.63) is 65.8 Å². The lowest BCUT2D eigenvalue weighted by Gasteiger charge is -2.31. The van der Waals surface area contributed by atoms with Crippen molar-refractivity contribution in [2.24, 2.45) is 0 Å². The molecule has 0 spiro atoms. The van der Waals surface area contributed by atoms with Gasteiger partial charge in [-0.05, 0) is 36.6 Å². The van der Waals surface area contributed by atoms with E-state index in [1.165, 1.54) is 0 Å². The number of nitrogens with zero attached hydrogens (tertiary/aromatic N) is 3. The quantitative estimate of drug-likeness (QED) is 0.685. The number of carbonyl (C=O) groups is 1. The summed E-state index contributed by atoms with van der Waals surface area (Å²) in [5.41, 5.74) is 2.61. The van der Waals surface area contributed by atoms with E-state index in [0.29, 0.717) is 23.8 Å². The predicted octanol–water partition coefficient (Wildman–Crippen LogP) is 4.07. The van der Waals surface area contributed by atoms with E-state index in [0.717, 1.165) is 36.3 Å². The number of ether oxygens (including phenoxy) is 1. The average Bonchev–Trinajstić information content (AvgIpc) is 3.19. The zero-order valence-electron chi connectivity index (χ0n) is 16.1. The Balaban J connectivity index is 1.56. The standard InChI is InChI=1S/C22H23N3O3/c1-15-23-21(24-28-15)18-9-6-12-25(14-18)22(26)17-8-5-7-16(13-17)19-10-3-4-11-20(19)27-2/h3-5,7-8,10-11,13,18H,6,9,12,14H2,1-2H3/t18-/m1/s1. The molecule has 1 amide bonds. The van der Waals surface area contributed by atoms with Crippen LogP contribution in [0.5, 0.6) is 5.75 Å². The van der Waals surface area contributed by atoms with Crippen LogP contribution in [-0.4, -0.2) is 41.1 Å². The summed E-state index contributed by atoms with van der Waals surface area (Å²) in [6, 6.07) is 15.5. The Kier molecular flexibility index (Phi) is 5.10. The monoisotopic (exact) mass is 377 g/mol. The molecule has 0 radical (unpaired) electrons. The van der Waals surface area contributed by atoms with Gasteiger partial charge in [-0.3, -0.25) is 4.79 Å². The van der Waals surface area contributed by atoms with Gasteiger partial charge in [0.25, 0.3) is 5.91 Å². The molecule has 0 aliphatic carbocycles. The lowest BCUT2D eigenvalue weighted by Crippen LogP contribution is -2.39. The molecule has 0 unspecified atom stereocenters. The molecule has 6 heteroatoms. The van der Waals surface area contributed by atoms with Crippen LogP contribution < -0.4 is 4.74 Å². The van der Waals surface area contributed by atoms with Crippen molar-refractivity contribution >= 4 is 5.91 Å². The Bertz CT molecular complexity index is 982. The number of likely N-dealkylation sites (tertiary alicyclic amines) is 1. The van der Waals surface area contributed by atoms with E-state index in [1.807, 2.05) is 53.4 Å². The first kappa shape index (κ1) is 18.2. The van der Waals surface area contributed by atoms with E-state index in [4.69, 9.17) is 9.26 Å². The van der Waals surface area contributed by atoms with Crippen LogP contribution in [0.1, 0.15) is 40.8 Å². The number of rotatable bonds is 4. The zero-order valence-corrected chi connectivity index (χ0v) is 16.1. The van der Waals surface area contributed by atoms with E-state index in [2.05, 4.69) is 10.1 Å². The van der Waals surface area contributed by atoms with Gasteiger partial charge in [0, 0.05) is 37.1 Å². The number of piperidine rings is 1. The molecule has 1 atom stereocenters. The van der Waals surface area contributed by atoms with Crippen molar-refractivity contribution in [3.63, 3.8) is 0 Å². The molecule has 1 aromatic heterocycles. The molecule has 144 valence electrons. The van der Waals surface area contributed by atoms with Crippen molar-refractivity contribution in [2.75, 3.05) is 20.2 Å². The fourth-order valence-electron chi connectivity index (χ4n) is 3.74. The normalized spacial score (nSPS) is 16.8. The highest BCUT2D eigenvalue weighted by Crippen LogP contribution is 2.31. The number of para-hydroxylation sites is 1. The molecule has 2 heterocycles. The van der Waals surface area contributed by atoms with Crippen LogP contribution in [0.4, 0.5) is 0 Å². The van der Waals surface area contributed by atoms with Gasteiger partial charge in [0.2, 0.25) is 5.89 Å². The minimum absolute atomic E-state index is 0.0293. The molecule has 28 heavy (non-hydrogen) atoms. The fraction of sp³-hybridized carbons (Fsp3) is 0.318. The van der Waals surface area contributed by atoms with Crippen LogP contribution in [-0.2, 0) is 0 Å². The fourth-order valence-corrected chi connectivity index (χ4v) is 3.74. The van der Waals surface area contributed by atoms with E-state index in [-0.39, 0.29) is 11.8 Å². The third-order valence-electron chi connectivity index (χ3n) is 5.14. The van der Waals surface area contributed by atoms with Crippen LogP contribution in [0.25, 0.3) is 11.1 Å². The molecular weight excluding hydrogens is 354 g/mol. The topological polar surface area (TPSA) is 68.5 Å². The van der Waals surface area contributed by atoms with Gasteiger partial charge in [-0.15, -0.1) is 0 Å². The number of hydrogen-bond acceptors (Lipinski definition) is 5. The molecule has 3 aromatic rings. The molecular formula is C22H23N3O3. The van der Waals surface area contributed by atoms with Crippen LogP contribution in [0.2, 0.25) is 0 Å². The summed E-state index contributed by atoms with van der Waals surface area (Å²) in [5, 5.41) is 4.04. The van der Waals surface area contributed by atoms with Crippen LogP contribution in [0, 0.1) is 6.92 Å². The Morgan fingerprint density at radius 1 is 1.21 bits per heavy atom. The number of aromatic nitrogens is 2. The van der Waals surface area contributed by atoms with Crippen molar-refractivity contribution < 1.29 is 14.1 Å². The first-order valence-electron chi connectivity index (χ1n) is 9.48. The summed E-state index contributed by atoms with van der Waals surface area (Å²) >= 11 is 0. The summed E-state index contributed by atoms with van der Waals surface area (Å²) in [4.78, 5) is 19.4. The SMILES string of the molecule is COc1ccccc1-c1cccc(C(=O)N2CCC[C@@H](c3noc(C)n3)C2)c1. The van der Waals surface area contributed by atoms with Gasteiger partial charge in [-0.2, -0.15) is 4.98 Å². The highest BCUT2D eigenvalue weighted by atomic mass is 16.5. The van der Waals surface area contributed by atoms with Gasteiger partial charge in [0.1, 0.15) is 5.75 Å². The molecule has 1 aliphatic heterocycles. The second-order valence-corrected chi connectivity index (χ2v) is 7.04. The van der Waals surface area contributed by atoms with E-state index in [1.54, 1.807) is 14.0 Å². The Morgan fingerprint density at radius 2 is 2.07 bits per heavy atom. The lowest BCUT2D eigenvalue weighted by molar-refractivity contribution is 0.0703. The lowest BCUT2D eigenvalue weighted by atomic mass is 9.96. The van der Waals surface area contributed by atoms with Crippen molar-refractivity contribution in [3.8, 4) is 16.9 Å². The molecule has 2 aromatic carbocycles. The minimum Gasteiger partial charge on any atom is -0.496 e. The third kappa shape index (κ3) is 3.63. The highest BCUT2D eigenvalue weighted by molar-refractivity contribution is 5.95. The third-order valence-corrected chi connectivity index (χ3v) is 5.14. The van der Waals surface area contributed by atoms with Gasteiger partial charge in [0.05, 0.1) is 7.11 Å². The molecule has 1 fully saturated rings. The summed E-state index contributed by atoms with van der Waals surface area (Å²) in [7, 11) is 1.65. The smallest absolute Gasteiger partial charge is 0.253 e. The van der Waals surface area contributed by atoms with E-state index in [9.17, 15) is 4.79 Å². The Morgan fingerprint density at radius 3 is 2.86 bits per heavy atom. The predicted molar refractivity (Wildman–Crippen MR) is 105 cm³/mol. The van der Waals surface area contributed by atoms with Gasteiger partial charge in [-0.1, -0.05) is 35.5 Å². The zero-order chi connectivity index (χ0) is 19.5. The van der Waals surface area contributed by atoms with Gasteiger partial charge in [-0.25, -0.2) is 0 Å². The maximum absolute atomic E-state index is 13.2. The maximum atomic E-state index is 13.2. The first-order chi connectivity index (χ1) is 13.7. The number of carbonyl (C=O) groups excluding carboxylic acids is 1. The minimum atomic E-state index is 0.0293. The van der Waals surface area contributed by atoms with Crippen molar-refractivity contribution in [1.29, 1.82) is 0 Å². The summed E-state index contributed by atoms with van der Waals surface area (Å²) in [6.45, 7) is 3.13. The highest BCUT2D eigenvalue weighted by Gasteiger charge is 2.28. The van der Waals surface area contributed by atoms with Crippen LogP contribution in [0.3, 0.4) is 0 Å². The largest absolute Gasteiger partial charge is 0.496 e. The van der Waals surface area contributed by atoms with E-state index < -0.39 is 0 Å². The number of amides is 1. The summed E-state index contributed by atoms with van der Waals surface area (Å²) < 4.78 is 10.6. The van der Waals surface area contributed by atoms with Crippen LogP contribution in [0.15, 0.2) is 53.1 Å². The van der Waals surface area contributed by atoms with Gasteiger partial charge in [0.15, 0.2) is 5.82 Å². The molecule has 0 saturated carbocycles. The molecule has 0 bridgehead atoms.